The summed E-state index contributed by atoms with van der Waals surface area (Å²) in [5, 5.41) is 6.61. The fraction of sp³-hybridized carbons (Fsp3) is 0.0286. The average molecular weight is 585 g/mol. The molecule has 0 saturated heterocycles. The van der Waals surface area contributed by atoms with E-state index in [0.717, 1.165) is 54.6 Å². The van der Waals surface area contributed by atoms with Gasteiger partial charge in [0.05, 0.1) is 24.0 Å². The predicted octanol–water partition coefficient (Wildman–Crippen LogP) is 8.42. The first-order chi connectivity index (χ1) is 19.7. The van der Waals surface area contributed by atoms with Crippen LogP contribution in [0.4, 0.5) is 0 Å². The molecule has 0 aliphatic rings. The third kappa shape index (κ3) is 5.37. The number of fused-ring (bicyclic) bond motifs is 1. The minimum atomic E-state index is -0.163. The number of nitrogens with zero attached hydrogens (tertiary/aromatic N) is 2. The molecule has 0 fully saturated rings. The molecule has 40 heavy (non-hydrogen) atoms. The van der Waals surface area contributed by atoms with Gasteiger partial charge >= 0.3 is 0 Å². The normalized spacial score (nSPS) is 11.2. The summed E-state index contributed by atoms with van der Waals surface area (Å²) in [4.78, 5) is 12.9. The van der Waals surface area contributed by atoms with Crippen molar-refractivity contribution < 1.29 is 4.79 Å². The summed E-state index contributed by atoms with van der Waals surface area (Å²) in [6, 6.07) is 45.1. The number of amides is 1. The van der Waals surface area contributed by atoms with Gasteiger partial charge in [0, 0.05) is 15.7 Å². The van der Waals surface area contributed by atoms with Crippen LogP contribution in [-0.4, -0.2) is 16.7 Å². The molecule has 1 N–H and O–H groups in total. The lowest BCUT2D eigenvalue weighted by atomic mass is 10.0. The van der Waals surface area contributed by atoms with Gasteiger partial charge in [-0.3, -0.25) is 4.79 Å². The van der Waals surface area contributed by atoms with Crippen LogP contribution >= 0.6 is 15.9 Å². The summed E-state index contributed by atoms with van der Waals surface area (Å²) in [5.41, 5.74) is 9.82. The number of aromatic nitrogens is 1. The molecule has 1 aromatic heterocycles. The molecule has 0 atom stereocenters. The molecule has 4 nitrogen and oxygen atoms in total. The number of halogens is 1. The van der Waals surface area contributed by atoms with Crippen LogP contribution in [0.5, 0.6) is 0 Å². The maximum Gasteiger partial charge on any atom is 0.244 e. The monoisotopic (exact) mass is 583 g/mol. The van der Waals surface area contributed by atoms with E-state index in [0.29, 0.717) is 0 Å². The fourth-order valence-corrected chi connectivity index (χ4v) is 5.30. The Labute approximate surface area is 241 Å². The molecule has 0 unspecified atom stereocenters. The lowest BCUT2D eigenvalue weighted by molar-refractivity contribution is -0.120. The number of hydrogen-bond donors (Lipinski definition) is 1. The van der Waals surface area contributed by atoms with E-state index in [1.807, 2.05) is 78.9 Å². The Morgan fingerprint density at radius 1 is 0.750 bits per heavy atom. The van der Waals surface area contributed by atoms with Gasteiger partial charge in [0.2, 0.25) is 5.91 Å². The molecule has 1 heterocycles. The van der Waals surface area contributed by atoms with Gasteiger partial charge in [-0.2, -0.15) is 5.10 Å². The standard InChI is InChI=1S/C35H26BrN3O/c36-30-18-20-31(21-19-30)39-33(26-11-3-1-4-12-26)22-29(35(39)27-13-5-2-6-14-27)24-37-38-34(40)23-28-16-9-15-25-10-7-8-17-32(25)28/h1-22,24H,23H2,(H,38,40). The van der Waals surface area contributed by atoms with Gasteiger partial charge in [-0.1, -0.05) is 119 Å². The Morgan fingerprint density at radius 3 is 2.15 bits per heavy atom. The minimum Gasteiger partial charge on any atom is -0.309 e. The molecule has 194 valence electrons. The number of rotatable bonds is 7. The van der Waals surface area contributed by atoms with Crippen molar-refractivity contribution in [1.29, 1.82) is 0 Å². The van der Waals surface area contributed by atoms with Crippen LogP contribution in [0.1, 0.15) is 11.1 Å². The van der Waals surface area contributed by atoms with E-state index in [1.165, 1.54) is 0 Å². The Kier molecular flexibility index (Phi) is 7.38. The zero-order valence-electron chi connectivity index (χ0n) is 21.7. The zero-order valence-corrected chi connectivity index (χ0v) is 23.3. The van der Waals surface area contributed by atoms with Crippen LogP contribution < -0.4 is 5.43 Å². The Hall–Kier alpha value is -4.74. The quantitative estimate of drug-likeness (QED) is 0.149. The molecule has 5 aromatic carbocycles. The molecule has 6 rings (SSSR count). The van der Waals surface area contributed by atoms with Crippen molar-refractivity contribution in [3.63, 3.8) is 0 Å². The molecule has 0 aliphatic carbocycles. The van der Waals surface area contributed by atoms with Gasteiger partial charge in [-0.05, 0) is 57.8 Å². The van der Waals surface area contributed by atoms with Crippen molar-refractivity contribution in [2.75, 3.05) is 0 Å². The second-order valence-electron chi connectivity index (χ2n) is 9.49. The third-order valence-electron chi connectivity index (χ3n) is 6.86. The van der Waals surface area contributed by atoms with Crippen molar-refractivity contribution in [1.82, 2.24) is 9.99 Å². The van der Waals surface area contributed by atoms with Gasteiger partial charge < -0.3 is 4.57 Å². The lowest BCUT2D eigenvalue weighted by Gasteiger charge is -2.15. The molecular weight excluding hydrogens is 558 g/mol. The molecule has 6 aromatic rings. The lowest BCUT2D eigenvalue weighted by Crippen LogP contribution is -2.19. The van der Waals surface area contributed by atoms with Gasteiger partial charge in [-0.15, -0.1) is 0 Å². The highest BCUT2D eigenvalue weighted by Gasteiger charge is 2.19. The maximum atomic E-state index is 12.9. The summed E-state index contributed by atoms with van der Waals surface area (Å²) in [5.74, 6) is -0.163. The highest BCUT2D eigenvalue weighted by molar-refractivity contribution is 9.10. The van der Waals surface area contributed by atoms with E-state index >= 15 is 0 Å². The van der Waals surface area contributed by atoms with Crippen molar-refractivity contribution in [3.05, 3.63) is 149 Å². The Balaban J connectivity index is 1.38. The van der Waals surface area contributed by atoms with E-state index < -0.39 is 0 Å². The van der Waals surface area contributed by atoms with Gasteiger partial charge in [-0.25, -0.2) is 5.43 Å². The van der Waals surface area contributed by atoms with Gasteiger partial charge in [0.25, 0.3) is 0 Å². The number of carbonyl (C=O) groups is 1. The van der Waals surface area contributed by atoms with Crippen LogP contribution in [0, 0.1) is 0 Å². The van der Waals surface area contributed by atoms with Crippen LogP contribution in [0.15, 0.2) is 143 Å². The first-order valence-electron chi connectivity index (χ1n) is 13.1. The first kappa shape index (κ1) is 25.5. The third-order valence-corrected chi connectivity index (χ3v) is 7.38. The van der Waals surface area contributed by atoms with Crippen molar-refractivity contribution in [2.45, 2.75) is 6.42 Å². The second kappa shape index (κ2) is 11.6. The number of carbonyl (C=O) groups excluding carboxylic acids is 1. The molecule has 0 spiro atoms. The largest absolute Gasteiger partial charge is 0.309 e. The number of benzene rings is 5. The highest BCUT2D eigenvalue weighted by Crippen LogP contribution is 2.35. The van der Waals surface area contributed by atoms with Crippen LogP contribution in [0.3, 0.4) is 0 Å². The van der Waals surface area contributed by atoms with Crippen LogP contribution in [0.25, 0.3) is 39.0 Å². The van der Waals surface area contributed by atoms with E-state index in [-0.39, 0.29) is 12.3 Å². The minimum absolute atomic E-state index is 0.163. The van der Waals surface area contributed by atoms with E-state index in [2.05, 4.69) is 85.6 Å². The first-order valence-corrected chi connectivity index (χ1v) is 13.9. The molecule has 0 bridgehead atoms. The van der Waals surface area contributed by atoms with Crippen LogP contribution in [0.2, 0.25) is 0 Å². The van der Waals surface area contributed by atoms with E-state index in [9.17, 15) is 4.79 Å². The average Bonchev–Trinajstić information content (AvgIpc) is 3.38. The summed E-state index contributed by atoms with van der Waals surface area (Å²) < 4.78 is 3.26. The molecule has 0 aliphatic heterocycles. The molecule has 5 heteroatoms. The Bertz CT molecular complexity index is 1800. The summed E-state index contributed by atoms with van der Waals surface area (Å²) in [6.07, 6.45) is 1.99. The molecule has 0 saturated carbocycles. The summed E-state index contributed by atoms with van der Waals surface area (Å²) in [7, 11) is 0. The second-order valence-corrected chi connectivity index (χ2v) is 10.4. The number of hydrazone groups is 1. The molecule has 1 amide bonds. The van der Waals surface area contributed by atoms with Crippen molar-refractivity contribution >= 4 is 38.8 Å². The number of hydrogen-bond acceptors (Lipinski definition) is 2. The van der Waals surface area contributed by atoms with Gasteiger partial charge in [0.1, 0.15) is 0 Å². The van der Waals surface area contributed by atoms with Crippen molar-refractivity contribution in [3.8, 4) is 28.2 Å². The van der Waals surface area contributed by atoms with E-state index in [1.54, 1.807) is 6.21 Å². The fourth-order valence-electron chi connectivity index (χ4n) is 5.03. The van der Waals surface area contributed by atoms with Gasteiger partial charge in [0.15, 0.2) is 0 Å². The van der Waals surface area contributed by atoms with Crippen LogP contribution in [-0.2, 0) is 11.2 Å². The molecule has 0 radical (unpaired) electrons. The Morgan fingerprint density at radius 2 is 1.40 bits per heavy atom. The predicted molar refractivity (Wildman–Crippen MR) is 168 cm³/mol. The highest BCUT2D eigenvalue weighted by atomic mass is 79.9. The summed E-state index contributed by atoms with van der Waals surface area (Å²) >= 11 is 3.56. The van der Waals surface area contributed by atoms with E-state index in [4.69, 9.17) is 0 Å². The summed E-state index contributed by atoms with van der Waals surface area (Å²) in [6.45, 7) is 0. The SMILES string of the molecule is O=C(Cc1cccc2ccccc12)NN=Cc1cc(-c2ccccc2)n(-c2ccc(Br)cc2)c1-c1ccccc1. The topological polar surface area (TPSA) is 46.4 Å². The molecular formula is C35H26BrN3O. The smallest absolute Gasteiger partial charge is 0.244 e. The maximum absolute atomic E-state index is 12.9. The zero-order chi connectivity index (χ0) is 27.3. The van der Waals surface area contributed by atoms with Crippen molar-refractivity contribution in [2.24, 2.45) is 5.10 Å². The number of nitrogens with one attached hydrogen (secondary N) is 1.